The highest BCUT2D eigenvalue weighted by Crippen LogP contribution is 2.14. The Balaban J connectivity index is 1.95. The number of aliphatic imine (C=N–C) groups is 1. The van der Waals surface area contributed by atoms with Gasteiger partial charge >= 0.3 is 0 Å². The van der Waals surface area contributed by atoms with Crippen molar-refractivity contribution in [1.82, 2.24) is 14.5 Å². The molecule has 1 fully saturated rings. The minimum Gasteiger partial charge on any atom is -0.370 e. The fourth-order valence-electron chi connectivity index (χ4n) is 2.20. The van der Waals surface area contributed by atoms with Crippen molar-refractivity contribution >= 4 is 5.96 Å². The van der Waals surface area contributed by atoms with E-state index >= 15 is 0 Å². The third-order valence-electron chi connectivity index (χ3n) is 3.28. The lowest BCUT2D eigenvalue weighted by molar-refractivity contribution is 0.270. The van der Waals surface area contributed by atoms with Crippen molar-refractivity contribution in [1.29, 1.82) is 0 Å². The molecule has 0 bridgehead atoms. The number of nitrogens with two attached hydrogens (primary N) is 1. The van der Waals surface area contributed by atoms with Gasteiger partial charge in [0.05, 0.1) is 0 Å². The van der Waals surface area contributed by atoms with Gasteiger partial charge in [-0.1, -0.05) is 6.92 Å². The standard InChI is InChI=1S/C12H21N5/c1-10-4-3-6-17(9-10)12(13)15-8-11-14-5-7-16(11)2/h5,7,10H,3-4,6,8-9H2,1-2H3,(H2,13,15). The van der Waals surface area contributed by atoms with Crippen LogP contribution in [0.4, 0.5) is 0 Å². The van der Waals surface area contributed by atoms with Gasteiger partial charge in [0.1, 0.15) is 12.4 Å². The Hall–Kier alpha value is -1.52. The number of hydrogen-bond acceptors (Lipinski definition) is 2. The first kappa shape index (κ1) is 12.0. The second-order valence-corrected chi connectivity index (χ2v) is 4.82. The van der Waals surface area contributed by atoms with Gasteiger partial charge in [-0.15, -0.1) is 0 Å². The molecule has 1 aliphatic rings. The lowest BCUT2D eigenvalue weighted by Gasteiger charge is -2.31. The number of piperidine rings is 1. The molecule has 1 aromatic rings. The highest BCUT2D eigenvalue weighted by atomic mass is 15.3. The maximum atomic E-state index is 6.02. The van der Waals surface area contributed by atoms with Crippen LogP contribution in [0.2, 0.25) is 0 Å². The zero-order valence-corrected chi connectivity index (χ0v) is 10.6. The minimum absolute atomic E-state index is 0.556. The van der Waals surface area contributed by atoms with E-state index in [2.05, 4.69) is 21.8 Å². The van der Waals surface area contributed by atoms with Crippen LogP contribution in [-0.4, -0.2) is 33.5 Å². The van der Waals surface area contributed by atoms with E-state index in [4.69, 9.17) is 5.73 Å². The normalized spacial score (nSPS) is 21.9. The summed E-state index contributed by atoms with van der Waals surface area (Å²) in [6.07, 6.45) is 6.21. The van der Waals surface area contributed by atoms with E-state index in [1.54, 1.807) is 6.20 Å². The van der Waals surface area contributed by atoms with Gasteiger partial charge in [0.25, 0.3) is 0 Å². The van der Waals surface area contributed by atoms with E-state index in [-0.39, 0.29) is 0 Å². The van der Waals surface area contributed by atoms with Crippen LogP contribution in [-0.2, 0) is 13.6 Å². The molecule has 94 valence electrons. The molecule has 1 unspecified atom stereocenters. The van der Waals surface area contributed by atoms with Crippen molar-refractivity contribution in [2.45, 2.75) is 26.3 Å². The van der Waals surface area contributed by atoms with Gasteiger partial charge < -0.3 is 15.2 Å². The molecule has 0 aliphatic carbocycles. The molecule has 17 heavy (non-hydrogen) atoms. The Morgan fingerprint density at radius 1 is 1.65 bits per heavy atom. The van der Waals surface area contributed by atoms with E-state index < -0.39 is 0 Å². The number of nitrogens with zero attached hydrogens (tertiary/aromatic N) is 4. The SMILES string of the molecule is CC1CCCN(C(N)=NCc2nccn2C)C1. The van der Waals surface area contributed by atoms with Gasteiger partial charge in [0.2, 0.25) is 0 Å². The van der Waals surface area contributed by atoms with Crippen LogP contribution in [0, 0.1) is 5.92 Å². The summed E-state index contributed by atoms with van der Waals surface area (Å²) in [6, 6.07) is 0. The van der Waals surface area contributed by atoms with Crippen LogP contribution in [0.5, 0.6) is 0 Å². The smallest absolute Gasteiger partial charge is 0.191 e. The van der Waals surface area contributed by atoms with Crippen molar-refractivity contribution < 1.29 is 0 Å². The van der Waals surface area contributed by atoms with E-state index in [0.29, 0.717) is 18.4 Å². The summed E-state index contributed by atoms with van der Waals surface area (Å²) >= 11 is 0. The van der Waals surface area contributed by atoms with Crippen molar-refractivity contribution in [3.05, 3.63) is 18.2 Å². The molecule has 2 heterocycles. The number of likely N-dealkylation sites (tertiary alicyclic amines) is 1. The maximum Gasteiger partial charge on any atom is 0.191 e. The Morgan fingerprint density at radius 2 is 2.47 bits per heavy atom. The number of rotatable bonds is 2. The Kier molecular flexibility index (Phi) is 3.66. The molecule has 0 radical (unpaired) electrons. The number of guanidine groups is 1. The largest absolute Gasteiger partial charge is 0.370 e. The number of aryl methyl sites for hydroxylation is 1. The molecule has 2 rings (SSSR count). The lowest BCUT2D eigenvalue weighted by atomic mass is 10.0. The fourth-order valence-corrected chi connectivity index (χ4v) is 2.20. The molecular formula is C12H21N5. The zero-order chi connectivity index (χ0) is 12.3. The van der Waals surface area contributed by atoms with Gasteiger partial charge in [-0.25, -0.2) is 9.98 Å². The van der Waals surface area contributed by atoms with Gasteiger partial charge in [-0.3, -0.25) is 0 Å². The topological polar surface area (TPSA) is 59.4 Å². The first-order valence-electron chi connectivity index (χ1n) is 6.18. The first-order chi connectivity index (χ1) is 8.16. The molecule has 5 nitrogen and oxygen atoms in total. The van der Waals surface area contributed by atoms with E-state index in [0.717, 1.165) is 18.9 Å². The van der Waals surface area contributed by atoms with Crippen LogP contribution in [0.15, 0.2) is 17.4 Å². The molecule has 1 aromatic heterocycles. The van der Waals surface area contributed by atoms with Crippen LogP contribution < -0.4 is 5.73 Å². The molecule has 1 saturated heterocycles. The van der Waals surface area contributed by atoms with Gasteiger partial charge in [0, 0.05) is 32.5 Å². The fraction of sp³-hybridized carbons (Fsp3) is 0.667. The maximum absolute atomic E-state index is 6.02. The highest BCUT2D eigenvalue weighted by molar-refractivity contribution is 5.78. The Bertz CT molecular complexity index is 395. The molecule has 2 N–H and O–H groups in total. The molecule has 1 aliphatic heterocycles. The summed E-state index contributed by atoms with van der Waals surface area (Å²) in [5, 5.41) is 0. The average molecular weight is 235 g/mol. The summed E-state index contributed by atoms with van der Waals surface area (Å²) in [5.41, 5.74) is 6.02. The summed E-state index contributed by atoms with van der Waals surface area (Å²) in [5.74, 6) is 2.31. The first-order valence-corrected chi connectivity index (χ1v) is 6.18. The Labute approximate surface area is 102 Å². The molecule has 0 amide bonds. The molecule has 1 atom stereocenters. The number of imidazole rings is 1. The second-order valence-electron chi connectivity index (χ2n) is 4.82. The summed E-state index contributed by atoms with van der Waals surface area (Å²) in [7, 11) is 1.97. The van der Waals surface area contributed by atoms with E-state index in [1.165, 1.54) is 12.8 Å². The molecule has 0 aromatic carbocycles. The summed E-state index contributed by atoms with van der Waals surface area (Å²) in [6.45, 7) is 4.87. The van der Waals surface area contributed by atoms with Gasteiger partial charge in [-0.2, -0.15) is 0 Å². The van der Waals surface area contributed by atoms with Crippen molar-refractivity contribution in [2.24, 2.45) is 23.7 Å². The lowest BCUT2D eigenvalue weighted by Crippen LogP contribution is -2.43. The highest BCUT2D eigenvalue weighted by Gasteiger charge is 2.17. The Morgan fingerprint density at radius 3 is 3.12 bits per heavy atom. The molecule has 0 saturated carbocycles. The molecule has 0 spiro atoms. The van der Waals surface area contributed by atoms with Crippen molar-refractivity contribution in [3.8, 4) is 0 Å². The van der Waals surface area contributed by atoms with Gasteiger partial charge in [0.15, 0.2) is 5.96 Å². The monoisotopic (exact) mass is 235 g/mol. The third-order valence-corrected chi connectivity index (χ3v) is 3.28. The van der Waals surface area contributed by atoms with Crippen LogP contribution in [0.3, 0.4) is 0 Å². The second kappa shape index (κ2) is 5.21. The summed E-state index contributed by atoms with van der Waals surface area (Å²) < 4.78 is 1.97. The van der Waals surface area contributed by atoms with E-state index in [1.807, 2.05) is 17.8 Å². The molecular weight excluding hydrogens is 214 g/mol. The van der Waals surface area contributed by atoms with Crippen LogP contribution in [0.1, 0.15) is 25.6 Å². The number of aromatic nitrogens is 2. The van der Waals surface area contributed by atoms with Crippen molar-refractivity contribution in [3.63, 3.8) is 0 Å². The predicted molar refractivity (Wildman–Crippen MR) is 68.5 cm³/mol. The van der Waals surface area contributed by atoms with Crippen molar-refractivity contribution in [2.75, 3.05) is 13.1 Å². The quantitative estimate of drug-likeness (QED) is 0.613. The zero-order valence-electron chi connectivity index (χ0n) is 10.6. The van der Waals surface area contributed by atoms with E-state index in [9.17, 15) is 0 Å². The number of hydrogen-bond donors (Lipinski definition) is 1. The summed E-state index contributed by atoms with van der Waals surface area (Å²) in [4.78, 5) is 10.8. The average Bonchev–Trinajstić information content (AvgIpc) is 2.72. The molecule has 5 heteroatoms. The van der Waals surface area contributed by atoms with Gasteiger partial charge in [-0.05, 0) is 18.8 Å². The van der Waals surface area contributed by atoms with Crippen LogP contribution >= 0.6 is 0 Å². The predicted octanol–water partition coefficient (Wildman–Crippen LogP) is 0.967. The third kappa shape index (κ3) is 2.99. The minimum atomic E-state index is 0.556. The van der Waals surface area contributed by atoms with Crippen LogP contribution in [0.25, 0.3) is 0 Å².